The van der Waals surface area contributed by atoms with Gasteiger partial charge in [-0.05, 0) is 25.7 Å². The fraction of sp³-hybridized carbons (Fsp3) is 0.421. The quantitative estimate of drug-likeness (QED) is 0.439. The van der Waals surface area contributed by atoms with Gasteiger partial charge >= 0.3 is 0 Å². The highest BCUT2D eigenvalue weighted by molar-refractivity contribution is 6.72. The van der Waals surface area contributed by atoms with E-state index in [1.807, 2.05) is 36.4 Å². The van der Waals surface area contributed by atoms with Gasteiger partial charge in [0.05, 0.1) is 8.80 Å². The molecule has 5 heteroatoms. The molecule has 1 aliphatic rings. The maximum Gasteiger partial charge on any atom is 0.192 e. The van der Waals surface area contributed by atoms with E-state index in [-0.39, 0.29) is 5.78 Å². The molecule has 0 aliphatic heterocycles. The second-order valence-electron chi connectivity index (χ2n) is 7.30. The van der Waals surface area contributed by atoms with E-state index in [9.17, 15) is 4.79 Å². The van der Waals surface area contributed by atoms with Gasteiger partial charge in [-0.1, -0.05) is 54.7 Å². The molecule has 129 valence electrons. The van der Waals surface area contributed by atoms with Gasteiger partial charge in [-0.3, -0.25) is 4.79 Å². The zero-order chi connectivity index (χ0) is 18.0. The Hall–Kier alpha value is -1.28. The number of hydrogen-bond acceptors (Lipinski definition) is 3. The van der Waals surface area contributed by atoms with Crippen LogP contribution in [0.25, 0.3) is 0 Å². The summed E-state index contributed by atoms with van der Waals surface area (Å²) in [6, 6.07) is 7.94. The average Bonchev–Trinajstić information content (AvgIpc) is 2.53. The maximum atomic E-state index is 12.9. The molecule has 0 amide bonds. The van der Waals surface area contributed by atoms with Gasteiger partial charge in [0.2, 0.25) is 0 Å². The molecule has 24 heavy (non-hydrogen) atoms. The van der Waals surface area contributed by atoms with Crippen molar-refractivity contribution in [1.82, 2.24) is 0 Å². The Labute approximate surface area is 148 Å². The van der Waals surface area contributed by atoms with Gasteiger partial charge in [0.15, 0.2) is 19.9 Å². The molecule has 1 aliphatic carbocycles. The van der Waals surface area contributed by atoms with Crippen molar-refractivity contribution >= 4 is 28.1 Å². The zero-order valence-electron chi connectivity index (χ0n) is 15.5. The predicted molar refractivity (Wildman–Crippen MR) is 104 cm³/mol. The van der Waals surface area contributed by atoms with Crippen molar-refractivity contribution in [1.29, 1.82) is 0 Å². The summed E-state index contributed by atoms with van der Waals surface area (Å²) >= 11 is 0. The first-order valence-electron chi connectivity index (χ1n) is 8.26. The number of benzene rings is 1. The summed E-state index contributed by atoms with van der Waals surface area (Å²) in [6.45, 7) is 10.8. The van der Waals surface area contributed by atoms with Gasteiger partial charge < -0.3 is 9.16 Å². The first-order chi connectivity index (χ1) is 11.2. The summed E-state index contributed by atoms with van der Waals surface area (Å²) in [6.07, 6.45) is 6.25. The molecule has 0 fully saturated rings. The minimum absolute atomic E-state index is 0.0887. The molecule has 0 bridgehead atoms. The summed E-state index contributed by atoms with van der Waals surface area (Å²) in [4.78, 5) is 12.9. The zero-order valence-corrected chi connectivity index (χ0v) is 17.5. The molecule has 2 rings (SSSR count). The van der Waals surface area contributed by atoms with Crippen molar-refractivity contribution in [3.63, 3.8) is 0 Å². The largest absolute Gasteiger partial charge is 0.388 e. The van der Waals surface area contributed by atoms with Crippen LogP contribution in [0.15, 0.2) is 48.1 Å². The van der Waals surface area contributed by atoms with Crippen molar-refractivity contribution in [3.8, 4) is 0 Å². The molecule has 0 saturated carbocycles. The Balaban J connectivity index is 2.25. The van der Waals surface area contributed by atoms with Crippen LogP contribution in [0.2, 0.25) is 32.7 Å². The third-order valence-corrected chi connectivity index (χ3v) is 6.39. The van der Waals surface area contributed by atoms with E-state index in [0.717, 1.165) is 11.1 Å². The van der Waals surface area contributed by atoms with Crippen molar-refractivity contribution in [3.05, 3.63) is 53.6 Å². The highest BCUT2D eigenvalue weighted by Crippen LogP contribution is 2.30. The first kappa shape index (κ1) is 19.1. The highest BCUT2D eigenvalue weighted by atomic mass is 28.4. The van der Waals surface area contributed by atoms with E-state index in [2.05, 4.69) is 38.8 Å². The molecule has 1 aromatic rings. The fourth-order valence-corrected chi connectivity index (χ4v) is 5.27. The molecule has 0 saturated heterocycles. The van der Waals surface area contributed by atoms with Crippen LogP contribution in [0, 0.1) is 0 Å². The van der Waals surface area contributed by atoms with Crippen LogP contribution >= 0.6 is 0 Å². The summed E-state index contributed by atoms with van der Waals surface area (Å²) < 4.78 is 11.8. The lowest BCUT2D eigenvalue weighted by atomic mass is 9.95. The molecule has 0 N–H and O–H groups in total. The summed E-state index contributed by atoms with van der Waals surface area (Å²) in [5.41, 5.74) is 1.54. The van der Waals surface area contributed by atoms with Crippen molar-refractivity contribution in [2.45, 2.75) is 44.9 Å². The highest BCUT2D eigenvalue weighted by Gasteiger charge is 2.35. The lowest BCUT2D eigenvalue weighted by Gasteiger charge is -2.36. The normalized spacial score (nSPS) is 21.0. The van der Waals surface area contributed by atoms with Gasteiger partial charge in [0.25, 0.3) is 0 Å². The van der Waals surface area contributed by atoms with E-state index in [1.165, 1.54) is 5.19 Å². The molecule has 0 aromatic heterocycles. The predicted octanol–water partition coefficient (Wildman–Crippen LogP) is 3.91. The topological polar surface area (TPSA) is 35.5 Å². The van der Waals surface area contributed by atoms with Gasteiger partial charge in [-0.15, -0.1) is 0 Å². The fourth-order valence-electron chi connectivity index (χ4n) is 2.83. The number of methoxy groups -OCH3 is 1. The number of Topliss-reactive ketones (excluding diaryl/α,β-unsaturated/α-hetero) is 1. The average molecular weight is 360 g/mol. The second kappa shape index (κ2) is 7.31. The number of allylic oxidation sites excluding steroid dienone is 2. The van der Waals surface area contributed by atoms with E-state index in [4.69, 9.17) is 9.16 Å². The maximum absolute atomic E-state index is 12.9. The summed E-state index contributed by atoms with van der Waals surface area (Å²) in [5, 5.41) is 1.18. The van der Waals surface area contributed by atoms with E-state index in [0.29, 0.717) is 6.42 Å². The molecular weight excluding hydrogens is 332 g/mol. The number of carbonyl (C=O) groups excluding carboxylic acids is 1. The lowest BCUT2D eigenvalue weighted by Crippen LogP contribution is -2.43. The Bertz CT molecular complexity index is 671. The summed E-state index contributed by atoms with van der Waals surface area (Å²) in [7, 11) is -0.796. The molecular formula is C19H27O3Si2. The standard InChI is InChI=1S/C19H27O3Si2/c1-21-19(22-24(4,5)6)13-11-15(12-14-19)18(20)16-9-7-8-10-17(16)23(2)3/h7-13H,14H2,1-6H3. The van der Waals surface area contributed by atoms with Gasteiger partial charge in [-0.25, -0.2) is 0 Å². The molecule has 0 heterocycles. The third kappa shape index (κ3) is 4.42. The van der Waals surface area contributed by atoms with Crippen LogP contribution < -0.4 is 5.19 Å². The lowest BCUT2D eigenvalue weighted by molar-refractivity contribution is -0.128. The Morgan fingerprint density at radius 1 is 1.21 bits per heavy atom. The number of rotatable bonds is 6. The molecule has 1 aromatic carbocycles. The summed E-state index contributed by atoms with van der Waals surface area (Å²) in [5.74, 6) is -0.649. The van der Waals surface area contributed by atoms with Crippen molar-refractivity contribution in [2.24, 2.45) is 0 Å². The van der Waals surface area contributed by atoms with Crippen LogP contribution in [0.5, 0.6) is 0 Å². The SMILES string of the molecule is COC1(O[Si](C)(C)C)C=CC(C(=O)c2ccccc2[Si](C)C)=CC1. The van der Waals surface area contributed by atoms with Crippen LogP contribution in [0.1, 0.15) is 16.8 Å². The Kier molecular flexibility index (Phi) is 5.80. The minimum atomic E-state index is -1.76. The Morgan fingerprint density at radius 3 is 2.38 bits per heavy atom. The van der Waals surface area contributed by atoms with Gasteiger partial charge in [0, 0.05) is 24.7 Å². The monoisotopic (exact) mass is 359 g/mol. The Morgan fingerprint density at radius 2 is 1.88 bits per heavy atom. The van der Waals surface area contributed by atoms with E-state index < -0.39 is 22.9 Å². The van der Waals surface area contributed by atoms with Crippen LogP contribution in [0.3, 0.4) is 0 Å². The third-order valence-electron chi connectivity index (χ3n) is 3.92. The van der Waals surface area contributed by atoms with Gasteiger partial charge in [0.1, 0.15) is 0 Å². The van der Waals surface area contributed by atoms with Crippen LogP contribution in [0.4, 0.5) is 0 Å². The molecule has 1 atom stereocenters. The molecule has 1 radical (unpaired) electrons. The second-order valence-corrected chi connectivity index (χ2v) is 14.3. The minimum Gasteiger partial charge on any atom is -0.388 e. The van der Waals surface area contributed by atoms with E-state index >= 15 is 0 Å². The number of hydrogen-bond donors (Lipinski definition) is 0. The van der Waals surface area contributed by atoms with E-state index in [1.54, 1.807) is 7.11 Å². The van der Waals surface area contributed by atoms with Gasteiger partial charge in [-0.2, -0.15) is 0 Å². The van der Waals surface area contributed by atoms with Crippen LogP contribution in [-0.4, -0.2) is 35.8 Å². The smallest absolute Gasteiger partial charge is 0.192 e. The molecule has 0 spiro atoms. The number of ether oxygens (including phenoxy) is 1. The molecule has 3 nitrogen and oxygen atoms in total. The number of carbonyl (C=O) groups is 1. The van der Waals surface area contributed by atoms with Crippen LogP contribution in [-0.2, 0) is 9.16 Å². The number of ketones is 1. The first-order valence-corrected chi connectivity index (χ1v) is 14.2. The molecule has 1 unspecified atom stereocenters. The van der Waals surface area contributed by atoms with Crippen molar-refractivity contribution < 1.29 is 14.0 Å². The van der Waals surface area contributed by atoms with Crippen molar-refractivity contribution in [2.75, 3.05) is 7.11 Å².